The summed E-state index contributed by atoms with van der Waals surface area (Å²) in [6.07, 6.45) is -0.689. The van der Waals surface area contributed by atoms with Crippen LogP contribution in [0.25, 0.3) is 0 Å². The van der Waals surface area contributed by atoms with Crippen molar-refractivity contribution in [3.05, 3.63) is 23.3 Å². The standard InChI is InChI=1S/C14H17NO5/c1-20-11-5-6-7(4-10(11)17)14(19)15-8-2-3-9(16)13(18)12(6)8/h4-5,8-9,12-13,16-18H,2-3H2,1H3,(H,15,19)/t8-,9+,12-,13+/m1/s1. The van der Waals surface area contributed by atoms with Crippen LogP contribution in [0.4, 0.5) is 0 Å². The number of phenolic OH excluding ortho intramolecular Hbond substituents is 1. The van der Waals surface area contributed by atoms with Gasteiger partial charge in [0, 0.05) is 17.5 Å². The third kappa shape index (κ3) is 1.83. The molecule has 0 spiro atoms. The molecule has 6 heteroatoms. The zero-order valence-electron chi connectivity index (χ0n) is 11.0. The Morgan fingerprint density at radius 1 is 1.30 bits per heavy atom. The summed E-state index contributed by atoms with van der Waals surface area (Å²) in [5.41, 5.74) is 0.928. The van der Waals surface area contributed by atoms with Crippen molar-refractivity contribution < 1.29 is 24.9 Å². The van der Waals surface area contributed by atoms with Crippen LogP contribution in [-0.4, -0.2) is 46.6 Å². The summed E-state index contributed by atoms with van der Waals surface area (Å²) in [6, 6.07) is 2.71. The molecule has 1 heterocycles. The number of aliphatic hydroxyl groups is 2. The molecule has 1 saturated carbocycles. The molecular formula is C14H17NO5. The van der Waals surface area contributed by atoms with Gasteiger partial charge in [-0.2, -0.15) is 0 Å². The number of nitrogens with one attached hydrogen (secondary N) is 1. The van der Waals surface area contributed by atoms with E-state index >= 15 is 0 Å². The van der Waals surface area contributed by atoms with E-state index in [1.54, 1.807) is 6.07 Å². The minimum Gasteiger partial charge on any atom is -0.504 e. The van der Waals surface area contributed by atoms with Gasteiger partial charge in [-0.25, -0.2) is 0 Å². The lowest BCUT2D eigenvalue weighted by atomic mass is 9.73. The minimum atomic E-state index is -0.942. The van der Waals surface area contributed by atoms with Crippen LogP contribution in [-0.2, 0) is 0 Å². The Morgan fingerprint density at radius 3 is 2.75 bits per heavy atom. The summed E-state index contributed by atoms with van der Waals surface area (Å²) in [4.78, 5) is 12.1. The van der Waals surface area contributed by atoms with E-state index in [0.717, 1.165) is 0 Å². The van der Waals surface area contributed by atoms with Crippen molar-refractivity contribution in [3.8, 4) is 11.5 Å². The van der Waals surface area contributed by atoms with Crippen LogP contribution < -0.4 is 10.1 Å². The Morgan fingerprint density at radius 2 is 2.05 bits per heavy atom. The molecule has 6 nitrogen and oxygen atoms in total. The highest BCUT2D eigenvalue weighted by Gasteiger charge is 2.44. The Kier molecular flexibility index (Phi) is 3.07. The van der Waals surface area contributed by atoms with Crippen LogP contribution in [0.5, 0.6) is 11.5 Å². The Hall–Kier alpha value is -1.79. The number of benzene rings is 1. The van der Waals surface area contributed by atoms with Gasteiger partial charge >= 0.3 is 0 Å². The SMILES string of the molecule is COc1cc2c(cc1O)C(=O)N[C@@H]1CC[C@H](O)[C@H](O)[C@H]21. The molecule has 1 aromatic rings. The molecular weight excluding hydrogens is 262 g/mol. The molecule has 20 heavy (non-hydrogen) atoms. The second-order valence-corrected chi connectivity index (χ2v) is 5.35. The van der Waals surface area contributed by atoms with Gasteiger partial charge in [-0.3, -0.25) is 4.79 Å². The Balaban J connectivity index is 2.13. The molecule has 1 aliphatic heterocycles. The zero-order valence-corrected chi connectivity index (χ0v) is 11.0. The Bertz CT molecular complexity index is 559. The third-order valence-corrected chi connectivity index (χ3v) is 4.24. The van der Waals surface area contributed by atoms with Gasteiger partial charge in [-0.05, 0) is 30.5 Å². The van der Waals surface area contributed by atoms with Gasteiger partial charge in [0.2, 0.25) is 0 Å². The quantitative estimate of drug-likeness (QED) is 0.585. The summed E-state index contributed by atoms with van der Waals surface area (Å²) < 4.78 is 5.06. The van der Waals surface area contributed by atoms with E-state index in [4.69, 9.17) is 4.74 Å². The first kappa shape index (κ1) is 13.2. The van der Waals surface area contributed by atoms with E-state index in [1.165, 1.54) is 13.2 Å². The number of hydrogen-bond acceptors (Lipinski definition) is 5. The van der Waals surface area contributed by atoms with Crippen LogP contribution in [0, 0.1) is 0 Å². The van der Waals surface area contributed by atoms with Gasteiger partial charge in [0.25, 0.3) is 5.91 Å². The third-order valence-electron chi connectivity index (χ3n) is 4.24. The van der Waals surface area contributed by atoms with Gasteiger partial charge < -0.3 is 25.4 Å². The van der Waals surface area contributed by atoms with Crippen molar-refractivity contribution in [2.75, 3.05) is 7.11 Å². The predicted octanol–water partition coefficient (Wildman–Crippen LogP) is 0.112. The number of fused-ring (bicyclic) bond motifs is 3. The second kappa shape index (κ2) is 4.64. The average molecular weight is 279 g/mol. The number of amides is 1. The number of carbonyl (C=O) groups excluding carboxylic acids is 1. The first-order valence-corrected chi connectivity index (χ1v) is 6.61. The normalized spacial score (nSPS) is 32.0. The van der Waals surface area contributed by atoms with Crippen molar-refractivity contribution >= 4 is 5.91 Å². The summed E-state index contributed by atoms with van der Waals surface area (Å²) in [6.45, 7) is 0. The van der Waals surface area contributed by atoms with E-state index in [9.17, 15) is 20.1 Å². The van der Waals surface area contributed by atoms with Gasteiger partial charge in [-0.15, -0.1) is 0 Å². The molecule has 1 amide bonds. The fraction of sp³-hybridized carbons (Fsp3) is 0.500. The maximum absolute atomic E-state index is 12.1. The van der Waals surface area contributed by atoms with E-state index in [2.05, 4.69) is 5.32 Å². The largest absolute Gasteiger partial charge is 0.504 e. The fourth-order valence-electron chi connectivity index (χ4n) is 3.21. The molecule has 2 aliphatic rings. The lowest BCUT2D eigenvalue weighted by Crippen LogP contribution is -2.54. The number of carbonyl (C=O) groups is 1. The van der Waals surface area contributed by atoms with E-state index in [0.29, 0.717) is 24.0 Å². The monoisotopic (exact) mass is 279 g/mol. The molecule has 0 unspecified atom stereocenters. The minimum absolute atomic E-state index is 0.120. The smallest absolute Gasteiger partial charge is 0.251 e. The maximum Gasteiger partial charge on any atom is 0.251 e. The van der Waals surface area contributed by atoms with Crippen molar-refractivity contribution in [1.82, 2.24) is 5.32 Å². The molecule has 3 rings (SSSR count). The molecule has 0 bridgehead atoms. The summed E-state index contributed by atoms with van der Waals surface area (Å²) >= 11 is 0. The number of aromatic hydroxyl groups is 1. The van der Waals surface area contributed by atoms with Gasteiger partial charge in [-0.1, -0.05) is 0 Å². The van der Waals surface area contributed by atoms with Gasteiger partial charge in [0.1, 0.15) is 0 Å². The number of phenols is 1. The molecule has 0 aromatic heterocycles. The molecule has 1 fully saturated rings. The van der Waals surface area contributed by atoms with Crippen molar-refractivity contribution in [2.24, 2.45) is 0 Å². The number of hydrogen-bond donors (Lipinski definition) is 4. The lowest BCUT2D eigenvalue weighted by molar-refractivity contribution is -0.0342. The number of methoxy groups -OCH3 is 1. The summed E-state index contributed by atoms with van der Waals surface area (Å²) in [5, 5.41) is 32.7. The molecule has 4 N–H and O–H groups in total. The van der Waals surface area contributed by atoms with Crippen molar-refractivity contribution in [3.63, 3.8) is 0 Å². The van der Waals surface area contributed by atoms with Crippen molar-refractivity contribution in [2.45, 2.75) is 37.0 Å². The van der Waals surface area contributed by atoms with Gasteiger partial charge in [0.15, 0.2) is 11.5 Å². The highest BCUT2D eigenvalue weighted by Crippen LogP contribution is 2.42. The highest BCUT2D eigenvalue weighted by molar-refractivity contribution is 5.98. The molecule has 4 atom stereocenters. The average Bonchev–Trinajstić information content (AvgIpc) is 2.43. The van der Waals surface area contributed by atoms with Crippen LogP contribution in [0.1, 0.15) is 34.7 Å². The van der Waals surface area contributed by atoms with E-state index < -0.39 is 12.2 Å². The first-order chi connectivity index (χ1) is 9.52. The summed E-state index contributed by atoms with van der Waals surface area (Å²) in [5.74, 6) is -0.529. The second-order valence-electron chi connectivity index (χ2n) is 5.35. The zero-order chi connectivity index (χ0) is 14.4. The number of aliphatic hydroxyl groups excluding tert-OH is 2. The highest BCUT2D eigenvalue weighted by atomic mass is 16.5. The number of rotatable bonds is 1. The fourth-order valence-corrected chi connectivity index (χ4v) is 3.21. The Labute approximate surface area is 116 Å². The van der Waals surface area contributed by atoms with E-state index in [-0.39, 0.29) is 29.4 Å². The topological polar surface area (TPSA) is 99.0 Å². The first-order valence-electron chi connectivity index (χ1n) is 6.61. The van der Waals surface area contributed by atoms with Crippen molar-refractivity contribution in [1.29, 1.82) is 0 Å². The van der Waals surface area contributed by atoms with Crippen LogP contribution in [0.15, 0.2) is 12.1 Å². The molecule has 0 radical (unpaired) electrons. The lowest BCUT2D eigenvalue weighted by Gasteiger charge is -2.42. The van der Waals surface area contributed by atoms with Crippen LogP contribution in [0.2, 0.25) is 0 Å². The molecule has 1 aliphatic carbocycles. The number of ether oxygens (including phenoxy) is 1. The molecule has 0 saturated heterocycles. The van der Waals surface area contributed by atoms with E-state index in [1.807, 2.05) is 0 Å². The molecule has 1 aromatic carbocycles. The maximum atomic E-state index is 12.1. The van der Waals surface area contributed by atoms with Crippen LogP contribution >= 0.6 is 0 Å². The van der Waals surface area contributed by atoms with Crippen LogP contribution in [0.3, 0.4) is 0 Å². The predicted molar refractivity (Wildman–Crippen MR) is 69.9 cm³/mol. The van der Waals surface area contributed by atoms with Gasteiger partial charge in [0.05, 0.1) is 19.3 Å². The summed E-state index contributed by atoms with van der Waals surface area (Å²) in [7, 11) is 1.42. The molecule has 108 valence electrons.